The summed E-state index contributed by atoms with van der Waals surface area (Å²) in [6, 6.07) is 14.3. The number of carbonyl (C=O) groups is 3. The van der Waals surface area contributed by atoms with Gasteiger partial charge in [0.25, 0.3) is 5.91 Å². The molecule has 0 radical (unpaired) electrons. The molecule has 148 valence electrons. The number of benzene rings is 2. The van der Waals surface area contributed by atoms with E-state index in [1.807, 2.05) is 0 Å². The first-order valence-corrected chi connectivity index (χ1v) is 9.80. The first-order valence-electron chi connectivity index (χ1n) is 9.80. The largest absolute Gasteiger partial charge is 0.423 e. The van der Waals surface area contributed by atoms with Gasteiger partial charge in [-0.15, -0.1) is 0 Å². The molecule has 1 aliphatic heterocycles. The molecule has 0 atom stereocenters. The summed E-state index contributed by atoms with van der Waals surface area (Å²) >= 11 is 0. The monoisotopic (exact) mass is 390 g/mol. The molecular weight excluding hydrogens is 368 g/mol. The van der Waals surface area contributed by atoms with E-state index in [-0.39, 0.29) is 11.8 Å². The van der Waals surface area contributed by atoms with Crippen molar-refractivity contribution in [3.63, 3.8) is 0 Å². The number of hydrogen-bond acceptors (Lipinski definition) is 4. The lowest BCUT2D eigenvalue weighted by Crippen LogP contribution is -2.25. The maximum Gasteiger partial charge on any atom is 0.336 e. The summed E-state index contributed by atoms with van der Waals surface area (Å²) in [7, 11) is 0. The van der Waals surface area contributed by atoms with E-state index < -0.39 is 5.97 Å². The Bertz CT molecular complexity index is 944. The van der Waals surface area contributed by atoms with Crippen LogP contribution in [0.4, 0.5) is 5.69 Å². The van der Waals surface area contributed by atoms with Crippen LogP contribution >= 0.6 is 0 Å². The molecule has 2 amide bonds. The van der Waals surface area contributed by atoms with Gasteiger partial charge in [0.05, 0.1) is 0 Å². The lowest BCUT2D eigenvalue weighted by Gasteiger charge is -2.15. The van der Waals surface area contributed by atoms with E-state index in [1.165, 1.54) is 6.08 Å². The summed E-state index contributed by atoms with van der Waals surface area (Å²) in [5.41, 5.74) is 2.22. The molecule has 1 N–H and O–H groups in total. The Morgan fingerprint density at radius 1 is 1.03 bits per heavy atom. The van der Waals surface area contributed by atoms with Gasteiger partial charge in [0.1, 0.15) is 5.75 Å². The Kier molecular flexibility index (Phi) is 5.42. The van der Waals surface area contributed by atoms with Gasteiger partial charge in [0.15, 0.2) is 0 Å². The van der Waals surface area contributed by atoms with Gasteiger partial charge in [0.2, 0.25) is 5.91 Å². The maximum absolute atomic E-state index is 12.0. The molecule has 6 heteroatoms. The summed E-state index contributed by atoms with van der Waals surface area (Å²) < 4.78 is 5.30. The third-order valence-electron chi connectivity index (χ3n) is 4.94. The molecular formula is C23H22N2O4. The number of amides is 2. The Balaban J connectivity index is 1.31. The van der Waals surface area contributed by atoms with Gasteiger partial charge in [-0.3, -0.25) is 9.59 Å². The summed E-state index contributed by atoms with van der Waals surface area (Å²) in [5.74, 6) is -0.0251. The molecule has 6 nitrogen and oxygen atoms in total. The van der Waals surface area contributed by atoms with Gasteiger partial charge < -0.3 is 15.0 Å². The highest BCUT2D eigenvalue weighted by Crippen LogP contribution is 2.24. The van der Waals surface area contributed by atoms with E-state index in [2.05, 4.69) is 5.32 Å². The summed E-state index contributed by atoms with van der Waals surface area (Å²) in [4.78, 5) is 37.5. The summed E-state index contributed by atoms with van der Waals surface area (Å²) in [6.07, 6.45) is 6.53. The van der Waals surface area contributed by atoms with Crippen molar-refractivity contribution in [3.8, 4) is 5.75 Å². The van der Waals surface area contributed by atoms with Gasteiger partial charge in [-0.1, -0.05) is 12.1 Å². The Labute approximate surface area is 169 Å². The Morgan fingerprint density at radius 2 is 1.76 bits per heavy atom. The smallest absolute Gasteiger partial charge is 0.336 e. The zero-order valence-electron chi connectivity index (χ0n) is 16.0. The van der Waals surface area contributed by atoms with E-state index in [0.29, 0.717) is 23.8 Å². The molecule has 2 aromatic carbocycles. The van der Waals surface area contributed by atoms with Crippen molar-refractivity contribution in [2.24, 2.45) is 0 Å². The quantitative estimate of drug-likeness (QED) is 0.466. The average Bonchev–Trinajstić information content (AvgIpc) is 3.45. The number of nitrogens with one attached hydrogen (secondary N) is 1. The van der Waals surface area contributed by atoms with Gasteiger partial charge >= 0.3 is 5.97 Å². The number of ether oxygens (including phenoxy) is 1. The number of anilines is 1. The molecule has 1 aliphatic carbocycles. The van der Waals surface area contributed by atoms with Crippen molar-refractivity contribution in [3.05, 3.63) is 65.7 Å². The standard InChI is InChI=1S/C23H22N2O4/c26-21-2-1-15-25(21)19-10-12-20(13-11-19)29-22(27)14-5-16-3-6-17(7-4-16)23(28)24-18-8-9-18/h3-7,10-14,18H,1-2,8-9,15H2,(H,24,28)/b14-5+. The molecule has 0 aromatic heterocycles. The van der Waals surface area contributed by atoms with Crippen LogP contribution in [0, 0.1) is 0 Å². The fourth-order valence-electron chi connectivity index (χ4n) is 3.17. The van der Waals surface area contributed by atoms with Crippen LogP contribution in [0.5, 0.6) is 5.75 Å². The predicted octanol–water partition coefficient (Wildman–Crippen LogP) is 3.32. The van der Waals surface area contributed by atoms with Crippen molar-refractivity contribution in [2.45, 2.75) is 31.7 Å². The first-order chi connectivity index (χ1) is 14.1. The molecule has 29 heavy (non-hydrogen) atoms. The predicted molar refractivity (Wildman–Crippen MR) is 110 cm³/mol. The average molecular weight is 390 g/mol. The first kappa shape index (κ1) is 18.9. The van der Waals surface area contributed by atoms with Gasteiger partial charge in [0, 0.05) is 36.3 Å². The van der Waals surface area contributed by atoms with E-state index in [0.717, 1.165) is 37.1 Å². The zero-order valence-corrected chi connectivity index (χ0v) is 16.0. The normalized spacial score (nSPS) is 16.3. The maximum atomic E-state index is 12.0. The molecule has 0 spiro atoms. The van der Waals surface area contributed by atoms with Gasteiger partial charge in [-0.25, -0.2) is 4.79 Å². The second kappa shape index (κ2) is 8.31. The molecule has 1 saturated heterocycles. The minimum Gasteiger partial charge on any atom is -0.423 e. The highest BCUT2D eigenvalue weighted by molar-refractivity contribution is 5.96. The SMILES string of the molecule is O=C(/C=C/c1ccc(C(=O)NC2CC2)cc1)Oc1ccc(N2CCCC2=O)cc1. The van der Waals surface area contributed by atoms with Crippen molar-refractivity contribution >= 4 is 29.5 Å². The number of nitrogens with zero attached hydrogens (tertiary/aromatic N) is 1. The molecule has 2 aliphatic rings. The molecule has 2 aromatic rings. The molecule has 0 bridgehead atoms. The minimum absolute atomic E-state index is 0.0680. The van der Waals surface area contributed by atoms with Crippen molar-refractivity contribution < 1.29 is 19.1 Å². The van der Waals surface area contributed by atoms with Crippen LogP contribution < -0.4 is 15.0 Å². The van der Waals surface area contributed by atoms with Crippen LogP contribution in [0.3, 0.4) is 0 Å². The number of rotatable bonds is 6. The third kappa shape index (κ3) is 4.90. The summed E-state index contributed by atoms with van der Waals surface area (Å²) in [5, 5.41) is 2.94. The van der Waals surface area contributed by atoms with E-state index in [4.69, 9.17) is 4.74 Å². The molecule has 1 saturated carbocycles. The third-order valence-corrected chi connectivity index (χ3v) is 4.94. The molecule has 2 fully saturated rings. The topological polar surface area (TPSA) is 75.7 Å². The van der Waals surface area contributed by atoms with Crippen molar-refractivity contribution in [1.29, 1.82) is 0 Å². The Morgan fingerprint density at radius 3 is 2.38 bits per heavy atom. The van der Waals surface area contributed by atoms with E-state index >= 15 is 0 Å². The van der Waals surface area contributed by atoms with Gasteiger partial charge in [-0.05, 0) is 67.3 Å². The highest BCUT2D eigenvalue weighted by atomic mass is 16.5. The fourth-order valence-corrected chi connectivity index (χ4v) is 3.17. The van der Waals surface area contributed by atoms with E-state index in [9.17, 15) is 14.4 Å². The zero-order chi connectivity index (χ0) is 20.2. The highest BCUT2D eigenvalue weighted by Gasteiger charge is 2.23. The van der Waals surface area contributed by atoms with Crippen LogP contribution in [0.15, 0.2) is 54.6 Å². The van der Waals surface area contributed by atoms with Crippen molar-refractivity contribution in [1.82, 2.24) is 5.32 Å². The molecule has 1 heterocycles. The Hall–Kier alpha value is -3.41. The van der Waals surface area contributed by atoms with Crippen LogP contribution in [-0.4, -0.2) is 30.4 Å². The second-order valence-corrected chi connectivity index (χ2v) is 7.27. The van der Waals surface area contributed by atoms with Crippen LogP contribution in [0.1, 0.15) is 41.6 Å². The summed E-state index contributed by atoms with van der Waals surface area (Å²) in [6.45, 7) is 0.724. The van der Waals surface area contributed by atoms with Crippen LogP contribution in [-0.2, 0) is 9.59 Å². The van der Waals surface area contributed by atoms with Gasteiger partial charge in [-0.2, -0.15) is 0 Å². The molecule has 4 rings (SSSR count). The van der Waals surface area contributed by atoms with Crippen molar-refractivity contribution in [2.75, 3.05) is 11.4 Å². The lowest BCUT2D eigenvalue weighted by molar-refractivity contribution is -0.129. The van der Waals surface area contributed by atoms with E-state index in [1.54, 1.807) is 59.5 Å². The minimum atomic E-state index is -0.495. The number of carbonyl (C=O) groups excluding carboxylic acids is 3. The fraction of sp³-hybridized carbons (Fsp3) is 0.261. The lowest BCUT2D eigenvalue weighted by atomic mass is 10.1. The molecule has 0 unspecified atom stereocenters. The van der Waals surface area contributed by atoms with Crippen LogP contribution in [0.25, 0.3) is 6.08 Å². The second-order valence-electron chi connectivity index (χ2n) is 7.27. The number of esters is 1. The van der Waals surface area contributed by atoms with Crippen LogP contribution in [0.2, 0.25) is 0 Å². The number of hydrogen-bond donors (Lipinski definition) is 1.